The van der Waals surface area contributed by atoms with Crippen LogP contribution >= 0.6 is 23.1 Å². The van der Waals surface area contributed by atoms with Gasteiger partial charge < -0.3 is 10.6 Å². The predicted octanol–water partition coefficient (Wildman–Crippen LogP) is 4.07. The normalized spacial score (nSPS) is 17.7. The molecule has 2 aromatic rings. The molecule has 1 saturated heterocycles. The second kappa shape index (κ2) is 9.25. The molecule has 0 radical (unpaired) electrons. The first-order chi connectivity index (χ1) is 12.3. The van der Waals surface area contributed by atoms with Crippen LogP contribution in [-0.2, 0) is 6.54 Å². The number of rotatable bonds is 6. The molecule has 0 bridgehead atoms. The van der Waals surface area contributed by atoms with Crippen molar-refractivity contribution in [1.82, 2.24) is 15.6 Å². The highest BCUT2D eigenvalue weighted by Crippen LogP contribution is 2.28. The molecule has 0 amide bonds. The van der Waals surface area contributed by atoms with Crippen LogP contribution in [0.2, 0.25) is 0 Å². The quantitative estimate of drug-likeness (QED) is 0.591. The highest BCUT2D eigenvalue weighted by atomic mass is 32.2. The first-order valence-corrected chi connectivity index (χ1v) is 10.8. The molecule has 6 heteroatoms. The van der Waals surface area contributed by atoms with Gasteiger partial charge in [0.05, 0.1) is 12.2 Å². The van der Waals surface area contributed by atoms with Crippen molar-refractivity contribution in [3.05, 3.63) is 40.9 Å². The van der Waals surface area contributed by atoms with E-state index in [4.69, 9.17) is 9.98 Å². The molecule has 3 rings (SSSR count). The fraction of sp³-hybridized carbons (Fsp3) is 0.474. The van der Waals surface area contributed by atoms with Crippen molar-refractivity contribution in [3.63, 3.8) is 0 Å². The van der Waals surface area contributed by atoms with E-state index >= 15 is 0 Å². The zero-order valence-electron chi connectivity index (χ0n) is 14.9. The van der Waals surface area contributed by atoms with E-state index in [1.54, 1.807) is 11.3 Å². The highest BCUT2D eigenvalue weighted by Gasteiger charge is 2.15. The van der Waals surface area contributed by atoms with Crippen LogP contribution in [0, 0.1) is 6.92 Å². The SMILES string of the molecule is CCNC(=NCc1sc(-c2ccccc2)nc1C)NCC1CCCS1. The van der Waals surface area contributed by atoms with Gasteiger partial charge in [0.2, 0.25) is 0 Å². The van der Waals surface area contributed by atoms with Gasteiger partial charge in [0.1, 0.15) is 5.01 Å². The Morgan fingerprint density at radius 1 is 1.28 bits per heavy atom. The van der Waals surface area contributed by atoms with E-state index in [1.807, 2.05) is 6.07 Å². The van der Waals surface area contributed by atoms with Crippen molar-refractivity contribution in [2.24, 2.45) is 4.99 Å². The molecular formula is C19H26N4S2. The summed E-state index contributed by atoms with van der Waals surface area (Å²) in [5, 5.41) is 8.64. The second-order valence-electron chi connectivity index (χ2n) is 6.10. The number of nitrogens with zero attached hydrogens (tertiary/aromatic N) is 2. The van der Waals surface area contributed by atoms with Gasteiger partial charge in [-0.3, -0.25) is 0 Å². The van der Waals surface area contributed by atoms with Crippen LogP contribution in [-0.4, -0.2) is 35.0 Å². The van der Waals surface area contributed by atoms with Crippen LogP contribution in [0.3, 0.4) is 0 Å². The van der Waals surface area contributed by atoms with Crippen molar-refractivity contribution < 1.29 is 0 Å². The highest BCUT2D eigenvalue weighted by molar-refractivity contribution is 8.00. The zero-order chi connectivity index (χ0) is 17.5. The molecule has 0 aliphatic carbocycles. The van der Waals surface area contributed by atoms with Crippen LogP contribution in [0.4, 0.5) is 0 Å². The zero-order valence-corrected chi connectivity index (χ0v) is 16.6. The van der Waals surface area contributed by atoms with E-state index in [2.05, 4.69) is 60.5 Å². The third kappa shape index (κ3) is 5.22. The van der Waals surface area contributed by atoms with Gasteiger partial charge in [0.15, 0.2) is 5.96 Å². The maximum Gasteiger partial charge on any atom is 0.191 e. The van der Waals surface area contributed by atoms with E-state index in [9.17, 15) is 0 Å². The molecule has 1 aromatic heterocycles. The summed E-state index contributed by atoms with van der Waals surface area (Å²) in [6.45, 7) is 6.72. The average Bonchev–Trinajstić information content (AvgIpc) is 3.28. The molecule has 1 fully saturated rings. The number of benzene rings is 1. The van der Waals surface area contributed by atoms with E-state index in [0.717, 1.165) is 35.0 Å². The summed E-state index contributed by atoms with van der Waals surface area (Å²) in [4.78, 5) is 10.7. The summed E-state index contributed by atoms with van der Waals surface area (Å²) in [6, 6.07) is 10.4. The molecular weight excluding hydrogens is 348 g/mol. The lowest BCUT2D eigenvalue weighted by Crippen LogP contribution is -2.40. The number of hydrogen-bond donors (Lipinski definition) is 2. The molecule has 1 aromatic carbocycles. The fourth-order valence-corrected chi connectivity index (χ4v) is 4.98. The number of aryl methyl sites for hydroxylation is 1. The Labute approximate surface area is 158 Å². The molecule has 1 aliphatic heterocycles. The molecule has 0 saturated carbocycles. The van der Waals surface area contributed by atoms with E-state index in [0.29, 0.717) is 6.54 Å². The lowest BCUT2D eigenvalue weighted by atomic mass is 10.2. The van der Waals surface area contributed by atoms with E-state index < -0.39 is 0 Å². The van der Waals surface area contributed by atoms with Crippen LogP contribution in [0.1, 0.15) is 30.3 Å². The van der Waals surface area contributed by atoms with Crippen molar-refractivity contribution in [2.75, 3.05) is 18.8 Å². The molecule has 1 aliphatic rings. The van der Waals surface area contributed by atoms with Crippen molar-refractivity contribution >= 4 is 29.1 Å². The van der Waals surface area contributed by atoms with Gasteiger partial charge in [0, 0.05) is 28.8 Å². The Kier molecular flexibility index (Phi) is 6.76. The molecule has 1 unspecified atom stereocenters. The summed E-state index contributed by atoms with van der Waals surface area (Å²) in [6.07, 6.45) is 2.65. The first kappa shape index (κ1) is 18.3. The van der Waals surface area contributed by atoms with Crippen LogP contribution in [0.5, 0.6) is 0 Å². The minimum absolute atomic E-state index is 0.670. The smallest absolute Gasteiger partial charge is 0.191 e. The van der Waals surface area contributed by atoms with Gasteiger partial charge in [0.25, 0.3) is 0 Å². The van der Waals surface area contributed by atoms with Crippen LogP contribution in [0.25, 0.3) is 10.6 Å². The molecule has 0 spiro atoms. The Morgan fingerprint density at radius 2 is 2.12 bits per heavy atom. The number of aliphatic imine (C=N–C) groups is 1. The summed E-state index contributed by atoms with van der Waals surface area (Å²) >= 11 is 3.81. The summed E-state index contributed by atoms with van der Waals surface area (Å²) in [7, 11) is 0. The topological polar surface area (TPSA) is 49.3 Å². The number of aromatic nitrogens is 1. The van der Waals surface area contributed by atoms with Gasteiger partial charge in [-0.1, -0.05) is 30.3 Å². The summed E-state index contributed by atoms with van der Waals surface area (Å²) in [5.74, 6) is 2.20. The van der Waals surface area contributed by atoms with Gasteiger partial charge >= 0.3 is 0 Å². The Balaban J connectivity index is 1.64. The van der Waals surface area contributed by atoms with E-state index in [1.165, 1.54) is 29.0 Å². The molecule has 2 heterocycles. The maximum atomic E-state index is 4.77. The van der Waals surface area contributed by atoms with Gasteiger partial charge in [-0.15, -0.1) is 11.3 Å². The molecule has 4 nitrogen and oxygen atoms in total. The standard InChI is InChI=1S/C19H26N4S2/c1-3-20-19(21-12-16-10-7-11-24-16)22-13-17-14(2)23-18(25-17)15-8-5-4-6-9-15/h4-6,8-9,16H,3,7,10-13H2,1-2H3,(H2,20,21,22). The minimum Gasteiger partial charge on any atom is -0.357 e. The lowest BCUT2D eigenvalue weighted by molar-refractivity contribution is 0.727. The third-order valence-electron chi connectivity index (χ3n) is 4.16. The predicted molar refractivity (Wildman–Crippen MR) is 111 cm³/mol. The third-order valence-corrected chi connectivity index (χ3v) is 6.75. The molecule has 134 valence electrons. The van der Waals surface area contributed by atoms with Crippen LogP contribution < -0.4 is 10.6 Å². The van der Waals surface area contributed by atoms with Crippen LogP contribution in [0.15, 0.2) is 35.3 Å². The van der Waals surface area contributed by atoms with E-state index in [-0.39, 0.29) is 0 Å². The fourth-order valence-electron chi connectivity index (χ4n) is 2.79. The Hall–Kier alpha value is -1.53. The number of thiazole rings is 1. The van der Waals surface area contributed by atoms with Crippen molar-refractivity contribution in [1.29, 1.82) is 0 Å². The Bertz CT molecular complexity index is 691. The second-order valence-corrected chi connectivity index (χ2v) is 8.60. The van der Waals surface area contributed by atoms with Gasteiger partial charge in [-0.25, -0.2) is 9.98 Å². The molecule has 25 heavy (non-hydrogen) atoms. The minimum atomic E-state index is 0.670. The molecule has 2 N–H and O–H groups in total. The molecule has 1 atom stereocenters. The Morgan fingerprint density at radius 3 is 2.84 bits per heavy atom. The summed E-state index contributed by atoms with van der Waals surface area (Å²) < 4.78 is 0. The lowest BCUT2D eigenvalue weighted by Gasteiger charge is -2.14. The number of thioether (sulfide) groups is 1. The van der Waals surface area contributed by atoms with Crippen molar-refractivity contribution in [2.45, 2.75) is 38.5 Å². The first-order valence-electron chi connectivity index (χ1n) is 8.91. The van der Waals surface area contributed by atoms with Gasteiger partial charge in [-0.05, 0) is 32.4 Å². The number of hydrogen-bond acceptors (Lipinski definition) is 4. The maximum absolute atomic E-state index is 4.77. The monoisotopic (exact) mass is 374 g/mol. The number of guanidine groups is 1. The number of nitrogens with one attached hydrogen (secondary N) is 2. The largest absolute Gasteiger partial charge is 0.357 e. The summed E-state index contributed by atoms with van der Waals surface area (Å²) in [5.41, 5.74) is 2.25. The van der Waals surface area contributed by atoms with Gasteiger partial charge in [-0.2, -0.15) is 11.8 Å². The van der Waals surface area contributed by atoms with Crippen molar-refractivity contribution in [3.8, 4) is 10.6 Å². The average molecular weight is 375 g/mol.